The first-order valence-corrected chi connectivity index (χ1v) is 6.84. The van der Waals surface area contributed by atoms with Crippen molar-refractivity contribution >= 4 is 41.2 Å². The lowest BCUT2D eigenvalue weighted by molar-refractivity contribution is -0.131. The Kier molecular flexibility index (Phi) is 16.4. The number of nitrogens with one attached hydrogen (secondary N) is 1. The number of rotatable bonds is 0. The van der Waals surface area contributed by atoms with E-state index < -0.39 is 19.8 Å². The highest BCUT2D eigenvalue weighted by Crippen LogP contribution is 1.98. The standard InChI is InChI=1S/C6H4O2.Cl2O2S.HN3.N3/c7-5-3-1-2-4-6(5)8;1-5(2,3)4;2*1-3-2/h1-4H;;1H;/q;;;-1. The van der Waals surface area contributed by atoms with Gasteiger partial charge in [0.15, 0.2) is 0 Å². The maximum Gasteiger partial charge on any atom is 0.317 e. The summed E-state index contributed by atoms with van der Waals surface area (Å²) in [5.41, 5.74) is 25.8. The Bertz CT molecular complexity index is 486. The van der Waals surface area contributed by atoms with Crippen molar-refractivity contribution in [3.05, 3.63) is 50.7 Å². The summed E-state index contributed by atoms with van der Waals surface area (Å²) in [6.07, 6.45) is 5.60. The molecule has 0 spiro atoms. The summed E-state index contributed by atoms with van der Waals surface area (Å²) >= 11 is 0. The highest BCUT2D eigenvalue weighted by atomic mass is 36.0. The Hall–Kier alpha value is -2.03. The monoisotopic (exact) mass is 327 g/mol. The maximum atomic E-state index is 10.3. The molecule has 0 unspecified atom stereocenters. The molecule has 19 heavy (non-hydrogen) atoms. The van der Waals surface area contributed by atoms with Crippen molar-refractivity contribution in [1.29, 1.82) is 5.53 Å². The smallest absolute Gasteiger partial charge is 0.317 e. The van der Waals surface area contributed by atoms with Crippen LogP contribution in [0.5, 0.6) is 0 Å². The Morgan fingerprint density at radius 1 is 1.00 bits per heavy atom. The minimum atomic E-state index is -3.72. The molecule has 0 aromatic carbocycles. The summed E-state index contributed by atoms with van der Waals surface area (Å²) < 4.78 is 18.3. The fourth-order valence-electron chi connectivity index (χ4n) is 0.450. The molecule has 0 atom stereocenters. The van der Waals surface area contributed by atoms with E-state index in [4.69, 9.17) is 30.5 Å². The number of hydrogen-bond donors (Lipinski definition) is 1. The van der Waals surface area contributed by atoms with E-state index in [0.717, 1.165) is 0 Å². The van der Waals surface area contributed by atoms with Crippen molar-refractivity contribution in [3.8, 4) is 0 Å². The van der Waals surface area contributed by atoms with Gasteiger partial charge in [0.05, 0.1) is 0 Å². The maximum absolute atomic E-state index is 10.3. The van der Waals surface area contributed by atoms with Crippen LogP contribution >= 0.6 is 21.4 Å². The van der Waals surface area contributed by atoms with Gasteiger partial charge < -0.3 is 11.1 Å². The van der Waals surface area contributed by atoms with E-state index in [1.165, 1.54) is 17.1 Å². The van der Waals surface area contributed by atoms with E-state index in [2.05, 4.69) is 21.4 Å². The Balaban J connectivity index is -0.000000202. The van der Waals surface area contributed by atoms with Gasteiger partial charge in [-0.1, -0.05) is 12.2 Å². The molecule has 1 N–H and O–H groups in total. The largest absolute Gasteiger partial charge is 0.373 e. The molecule has 0 heterocycles. The first-order valence-electron chi connectivity index (χ1n) is 3.70. The molecule has 0 aliphatic heterocycles. The molecular formula is C6H5Cl2N6O4S-. The molecule has 0 bridgehead atoms. The van der Waals surface area contributed by atoms with Crippen molar-refractivity contribution in [2.75, 3.05) is 0 Å². The van der Waals surface area contributed by atoms with Crippen LogP contribution < -0.4 is 0 Å². The summed E-state index contributed by atoms with van der Waals surface area (Å²) in [5.74, 6) is -0.875. The lowest BCUT2D eigenvalue weighted by Crippen LogP contribution is -2.08. The lowest BCUT2D eigenvalue weighted by atomic mass is 10.1. The average molecular weight is 328 g/mol. The molecule has 1 rings (SSSR count). The SMILES string of the molecule is O=C1C=CC=CC1=O.O=S(=O)(Cl)Cl.[N-]=[N+]=N.[N-]=[N+]=[N-]. The zero-order chi connectivity index (χ0) is 15.9. The minimum Gasteiger partial charge on any atom is -0.373 e. The van der Waals surface area contributed by atoms with Crippen LogP contribution in [-0.2, 0) is 17.9 Å². The summed E-state index contributed by atoms with van der Waals surface area (Å²) in [6, 6.07) is 0. The normalized spacial score (nSPS) is 11.3. The van der Waals surface area contributed by atoms with Crippen LogP contribution in [0.2, 0.25) is 0 Å². The second kappa shape index (κ2) is 14.0. The molecule has 0 fully saturated rings. The van der Waals surface area contributed by atoms with E-state index in [0.29, 0.717) is 0 Å². The third kappa shape index (κ3) is 38.7. The van der Waals surface area contributed by atoms with Gasteiger partial charge in [0.2, 0.25) is 11.6 Å². The summed E-state index contributed by atoms with van der Waals surface area (Å²) in [7, 11) is 4.81. The lowest BCUT2D eigenvalue weighted by Gasteiger charge is -1.88. The second-order valence-electron chi connectivity index (χ2n) is 2.01. The van der Waals surface area contributed by atoms with Crippen LogP contribution in [0.1, 0.15) is 0 Å². The zero-order valence-corrected chi connectivity index (χ0v) is 11.2. The third-order valence-electron chi connectivity index (χ3n) is 0.849. The fraction of sp³-hybridized carbons (Fsp3) is 0. The van der Waals surface area contributed by atoms with Crippen LogP contribution in [0.25, 0.3) is 26.4 Å². The van der Waals surface area contributed by atoms with Crippen LogP contribution in [0.15, 0.2) is 24.3 Å². The molecule has 0 radical (unpaired) electrons. The van der Waals surface area contributed by atoms with Crippen LogP contribution in [0.4, 0.5) is 0 Å². The van der Waals surface area contributed by atoms with Gasteiger partial charge in [-0.25, -0.2) is 0 Å². The number of hydrogen-bond acceptors (Lipinski definition) is 5. The molecule has 104 valence electrons. The highest BCUT2D eigenvalue weighted by molar-refractivity contribution is 8.31. The van der Waals surface area contributed by atoms with Crippen molar-refractivity contribution < 1.29 is 18.0 Å². The minimum absolute atomic E-state index is 0.437. The van der Waals surface area contributed by atoms with Crippen molar-refractivity contribution in [2.24, 2.45) is 0 Å². The van der Waals surface area contributed by atoms with Gasteiger partial charge in [0, 0.05) is 21.4 Å². The third-order valence-corrected chi connectivity index (χ3v) is 0.849. The Labute approximate surface area is 116 Å². The van der Waals surface area contributed by atoms with Gasteiger partial charge in [0.1, 0.15) is 0 Å². The Morgan fingerprint density at radius 2 is 1.16 bits per heavy atom. The number of ketones is 2. The number of carbonyl (C=O) groups is 2. The molecule has 10 nitrogen and oxygen atoms in total. The van der Waals surface area contributed by atoms with E-state index in [9.17, 15) is 9.59 Å². The first-order chi connectivity index (χ1) is 8.63. The van der Waals surface area contributed by atoms with Crippen molar-refractivity contribution in [2.45, 2.75) is 0 Å². The van der Waals surface area contributed by atoms with Crippen molar-refractivity contribution in [1.82, 2.24) is 0 Å². The average Bonchev–Trinajstić information content (AvgIpc) is 2.22. The summed E-state index contributed by atoms with van der Waals surface area (Å²) in [4.78, 5) is 23.9. The fourth-order valence-corrected chi connectivity index (χ4v) is 0.450. The van der Waals surface area contributed by atoms with Gasteiger partial charge in [-0.15, -0.1) is 5.53 Å². The van der Waals surface area contributed by atoms with E-state index in [-0.39, 0.29) is 0 Å². The number of nitrogens with zero attached hydrogens (tertiary/aromatic N) is 5. The van der Waals surface area contributed by atoms with E-state index in [1.807, 2.05) is 0 Å². The molecule has 0 amide bonds. The molecule has 1 aliphatic carbocycles. The molecule has 1 aliphatic rings. The van der Waals surface area contributed by atoms with E-state index in [1.54, 1.807) is 17.1 Å². The highest BCUT2D eigenvalue weighted by Gasteiger charge is 2.06. The second-order valence-corrected chi connectivity index (χ2v) is 5.68. The predicted octanol–water partition coefficient (Wildman–Crippen LogP) is 2.70. The van der Waals surface area contributed by atoms with Gasteiger partial charge in [0.25, 0.3) is 0 Å². The van der Waals surface area contributed by atoms with Crippen LogP contribution in [0, 0.1) is 5.53 Å². The molecular weight excluding hydrogens is 323 g/mol. The van der Waals surface area contributed by atoms with Crippen LogP contribution in [0.3, 0.4) is 0 Å². The first kappa shape index (κ1) is 22.2. The summed E-state index contributed by atoms with van der Waals surface area (Å²) in [5, 5.41) is 0. The molecule has 0 saturated heterocycles. The van der Waals surface area contributed by atoms with Crippen LogP contribution in [-0.4, -0.2) is 20.0 Å². The molecule has 13 heteroatoms. The van der Waals surface area contributed by atoms with Gasteiger partial charge >= 0.3 is 8.26 Å². The summed E-state index contributed by atoms with van der Waals surface area (Å²) in [6.45, 7) is 0. The van der Waals surface area contributed by atoms with Gasteiger partial charge in [-0.3, -0.25) is 14.5 Å². The van der Waals surface area contributed by atoms with Gasteiger partial charge in [-0.2, -0.15) is 8.42 Å². The zero-order valence-electron chi connectivity index (χ0n) is 8.84. The van der Waals surface area contributed by atoms with Crippen molar-refractivity contribution in [3.63, 3.8) is 0 Å². The van der Waals surface area contributed by atoms with E-state index >= 15 is 0 Å². The molecule has 0 aromatic heterocycles. The molecule has 0 aromatic rings. The predicted molar refractivity (Wildman–Crippen MR) is 68.4 cm³/mol. The Morgan fingerprint density at radius 3 is 1.26 bits per heavy atom. The topological polar surface area (TPSA) is 187 Å². The number of carbonyl (C=O) groups excluding carboxylic acids is 2. The quantitative estimate of drug-likeness (QED) is 0.179. The van der Waals surface area contributed by atoms with Gasteiger partial charge in [-0.05, 0) is 22.6 Å². The molecule has 0 saturated carbocycles. The number of halogens is 2. The number of allylic oxidation sites excluding steroid dienone is 4.